The highest BCUT2D eigenvalue weighted by Gasteiger charge is 2.39. The van der Waals surface area contributed by atoms with Crippen LogP contribution in [0.3, 0.4) is 0 Å². The molecule has 1 fully saturated rings. The average Bonchev–Trinajstić information content (AvgIpc) is 2.88. The van der Waals surface area contributed by atoms with E-state index in [1.54, 1.807) is 7.98 Å². The van der Waals surface area contributed by atoms with Gasteiger partial charge in [0.05, 0.1) is 12.5 Å². The lowest BCUT2D eigenvalue weighted by Gasteiger charge is -2.18. The molecule has 1 aliphatic rings. The first-order valence-corrected chi connectivity index (χ1v) is 9.32. The minimum atomic E-state index is -0.255. The van der Waals surface area contributed by atoms with Crippen LogP contribution in [0.1, 0.15) is 41.8 Å². The third kappa shape index (κ3) is 4.38. The van der Waals surface area contributed by atoms with Gasteiger partial charge in [-0.15, -0.1) is 0 Å². The Labute approximate surface area is 161 Å². The molecule has 140 valence electrons. The monoisotopic (exact) mass is 364 g/mol. The Morgan fingerprint density at radius 3 is 2.37 bits per heavy atom. The molecule has 1 saturated heterocycles. The number of aryl methyl sites for hydroxylation is 2. The molecule has 2 amide bonds. The van der Waals surface area contributed by atoms with E-state index in [-0.39, 0.29) is 23.7 Å². The van der Waals surface area contributed by atoms with E-state index in [4.69, 9.17) is 4.74 Å². The molecule has 2 atom stereocenters. The van der Waals surface area contributed by atoms with E-state index in [1.165, 1.54) is 10.4 Å². The van der Waals surface area contributed by atoms with Gasteiger partial charge in [-0.25, -0.2) is 0 Å². The fraction of sp³-hybridized carbons (Fsp3) is 0.381. The van der Waals surface area contributed by atoms with E-state index in [2.05, 4.69) is 29.2 Å². The number of ether oxygens (including phenoxy) is 1. The Kier molecular flexibility index (Phi) is 5.63. The van der Waals surface area contributed by atoms with Crippen molar-refractivity contribution in [2.24, 2.45) is 5.92 Å². The minimum Gasteiger partial charge on any atom is -0.493 e. The van der Waals surface area contributed by atoms with Crippen molar-refractivity contribution >= 4 is 19.8 Å². The number of pyridine rings is 1. The van der Waals surface area contributed by atoms with Gasteiger partial charge in [-0.2, -0.15) is 0 Å². The summed E-state index contributed by atoms with van der Waals surface area (Å²) in [5.74, 6) is 0.452. The zero-order valence-electron chi connectivity index (χ0n) is 16.4. The number of nitrogens with zero attached hydrogens (tertiary/aromatic N) is 2. The zero-order valence-corrected chi connectivity index (χ0v) is 16.4. The first kappa shape index (κ1) is 19.1. The van der Waals surface area contributed by atoms with Crippen molar-refractivity contribution in [3.8, 4) is 5.75 Å². The van der Waals surface area contributed by atoms with Crippen molar-refractivity contribution < 1.29 is 14.3 Å². The van der Waals surface area contributed by atoms with E-state index in [9.17, 15) is 9.59 Å². The topological polar surface area (TPSA) is 59.5 Å². The number of aromatic nitrogens is 1. The van der Waals surface area contributed by atoms with E-state index in [0.29, 0.717) is 13.0 Å². The van der Waals surface area contributed by atoms with E-state index >= 15 is 0 Å². The van der Waals surface area contributed by atoms with Crippen LogP contribution in [0.5, 0.6) is 5.75 Å². The molecule has 2 heterocycles. The first-order valence-electron chi connectivity index (χ1n) is 9.32. The molecule has 0 N–H and O–H groups in total. The van der Waals surface area contributed by atoms with Crippen LogP contribution in [0.25, 0.3) is 0 Å². The van der Waals surface area contributed by atoms with Gasteiger partial charge in [-0.1, -0.05) is 31.2 Å². The molecular formula is C21H25BN2O3. The summed E-state index contributed by atoms with van der Waals surface area (Å²) in [5.41, 5.74) is 4.17. The molecule has 27 heavy (non-hydrogen) atoms. The van der Waals surface area contributed by atoms with Crippen LogP contribution in [-0.2, 0) is 16.0 Å². The molecule has 2 unspecified atom stereocenters. The number of carbonyl (C=O) groups is 2. The maximum absolute atomic E-state index is 12.2. The summed E-state index contributed by atoms with van der Waals surface area (Å²) in [7, 11) is 1.56. The largest absolute Gasteiger partial charge is 0.493 e. The molecule has 1 aromatic carbocycles. The third-order valence-electron chi connectivity index (χ3n) is 5.24. The Morgan fingerprint density at radius 1 is 1.19 bits per heavy atom. The normalized spacial score (nSPS) is 18.0. The van der Waals surface area contributed by atoms with Crippen LogP contribution in [0, 0.1) is 19.8 Å². The second-order valence-corrected chi connectivity index (χ2v) is 7.32. The Balaban J connectivity index is 1.57. The second kappa shape index (κ2) is 7.95. The summed E-state index contributed by atoms with van der Waals surface area (Å²) in [6, 6.07) is 12.1. The molecule has 3 rings (SSSR count). The van der Waals surface area contributed by atoms with Crippen molar-refractivity contribution in [2.45, 2.75) is 39.5 Å². The van der Waals surface area contributed by atoms with Gasteiger partial charge in [0.1, 0.15) is 5.75 Å². The molecule has 0 radical (unpaired) electrons. The third-order valence-corrected chi connectivity index (χ3v) is 5.24. The second-order valence-electron chi connectivity index (χ2n) is 7.32. The molecule has 1 aliphatic heterocycles. The molecule has 0 saturated carbocycles. The summed E-state index contributed by atoms with van der Waals surface area (Å²) in [6.07, 6.45) is 1.11. The number of imide groups is 1. The molecule has 0 aliphatic carbocycles. The predicted octanol–water partition coefficient (Wildman–Crippen LogP) is 2.35. The Morgan fingerprint density at radius 2 is 1.81 bits per heavy atom. The summed E-state index contributed by atoms with van der Waals surface area (Å²) in [5, 5.41) is 0. The van der Waals surface area contributed by atoms with Gasteiger partial charge in [0.15, 0.2) is 0 Å². The number of hydrogen-bond donors (Lipinski definition) is 0. The molecule has 6 heteroatoms. The molecule has 0 spiro atoms. The van der Waals surface area contributed by atoms with Crippen molar-refractivity contribution in [1.29, 1.82) is 0 Å². The van der Waals surface area contributed by atoms with Gasteiger partial charge in [0.2, 0.25) is 19.8 Å². The number of carbonyl (C=O) groups excluding carboxylic acids is 2. The first-order chi connectivity index (χ1) is 12.8. The molecular weight excluding hydrogens is 339 g/mol. The zero-order chi connectivity index (χ0) is 19.6. The van der Waals surface area contributed by atoms with Crippen molar-refractivity contribution in [3.63, 3.8) is 0 Å². The van der Waals surface area contributed by atoms with Crippen molar-refractivity contribution in [2.75, 3.05) is 6.61 Å². The highest BCUT2D eigenvalue weighted by Crippen LogP contribution is 2.32. The highest BCUT2D eigenvalue weighted by atomic mass is 16.5. The van der Waals surface area contributed by atoms with Crippen molar-refractivity contribution in [3.05, 3.63) is 58.9 Å². The van der Waals surface area contributed by atoms with Gasteiger partial charge >= 0.3 is 0 Å². The maximum Gasteiger partial charge on any atom is 0.231 e. The molecule has 5 nitrogen and oxygen atoms in total. The Hall–Kier alpha value is -2.63. The van der Waals surface area contributed by atoms with Crippen LogP contribution < -0.4 is 4.74 Å². The van der Waals surface area contributed by atoms with Gasteiger partial charge in [0, 0.05) is 36.4 Å². The van der Waals surface area contributed by atoms with Gasteiger partial charge in [0.25, 0.3) is 0 Å². The quantitative estimate of drug-likeness (QED) is 0.583. The molecule has 2 aromatic rings. The standard InChI is InChI=1S/C21H25BN2O3/c1-13-10-18(11-14(2)23-13)27-9-8-16-4-6-17(7-5-16)15(3)19-12-20(25)24(22)21(19)26/h4-7,10-11,15,19H,8-9,12,22H2,1-3H3. The van der Waals surface area contributed by atoms with Crippen LogP contribution in [-0.4, -0.2) is 36.2 Å². The van der Waals surface area contributed by atoms with E-state index in [1.807, 2.05) is 32.9 Å². The Bertz CT molecular complexity index is 831. The van der Waals surface area contributed by atoms with Crippen molar-refractivity contribution in [1.82, 2.24) is 9.79 Å². The molecule has 1 aromatic heterocycles. The van der Waals surface area contributed by atoms with Gasteiger partial charge in [-0.05, 0) is 30.9 Å². The smallest absolute Gasteiger partial charge is 0.231 e. The van der Waals surface area contributed by atoms with Crippen LogP contribution >= 0.6 is 0 Å². The number of rotatable bonds is 6. The van der Waals surface area contributed by atoms with Gasteiger partial charge < -0.3 is 9.55 Å². The summed E-state index contributed by atoms with van der Waals surface area (Å²) in [4.78, 5) is 29.5. The van der Waals surface area contributed by atoms with E-state index < -0.39 is 0 Å². The predicted molar refractivity (Wildman–Crippen MR) is 106 cm³/mol. The fourth-order valence-corrected chi connectivity index (χ4v) is 3.56. The summed E-state index contributed by atoms with van der Waals surface area (Å²) in [6.45, 7) is 6.53. The summed E-state index contributed by atoms with van der Waals surface area (Å²) < 4.78 is 5.84. The SMILES string of the molecule is BN1C(=O)CC(C(C)c2ccc(CCOc3cc(C)nc(C)c3)cc2)C1=O. The average molecular weight is 364 g/mol. The minimum absolute atomic E-state index is 0.0273. The van der Waals surface area contributed by atoms with Crippen LogP contribution in [0.2, 0.25) is 0 Å². The number of amides is 2. The lowest BCUT2D eigenvalue weighted by molar-refractivity contribution is -0.133. The maximum atomic E-state index is 12.2. The summed E-state index contributed by atoms with van der Waals surface area (Å²) >= 11 is 0. The molecule has 0 bridgehead atoms. The van der Waals surface area contributed by atoms with Crippen LogP contribution in [0.4, 0.5) is 0 Å². The number of benzene rings is 1. The van der Waals surface area contributed by atoms with Gasteiger partial charge in [-0.3, -0.25) is 14.6 Å². The lowest BCUT2D eigenvalue weighted by Crippen LogP contribution is -2.28. The highest BCUT2D eigenvalue weighted by molar-refractivity contribution is 6.27. The lowest BCUT2D eigenvalue weighted by atomic mass is 9.86. The fourth-order valence-electron chi connectivity index (χ4n) is 3.56. The number of hydrogen-bond acceptors (Lipinski definition) is 4. The van der Waals surface area contributed by atoms with E-state index in [0.717, 1.165) is 29.1 Å². The van der Waals surface area contributed by atoms with Crippen LogP contribution in [0.15, 0.2) is 36.4 Å².